The summed E-state index contributed by atoms with van der Waals surface area (Å²) in [7, 11) is -3.42. The summed E-state index contributed by atoms with van der Waals surface area (Å²) in [6.45, 7) is 1.74. The Kier molecular flexibility index (Phi) is 4.36. The number of rotatable bonds is 5. The van der Waals surface area contributed by atoms with Gasteiger partial charge in [-0.15, -0.1) is 0 Å². The molecule has 0 heterocycles. The molecule has 0 aliphatic carbocycles. The minimum absolute atomic E-state index is 0.00781. The lowest BCUT2D eigenvalue weighted by atomic mass is 10.2. The number of anilines is 1. The first-order valence-electron chi connectivity index (χ1n) is 4.89. The van der Waals surface area contributed by atoms with Gasteiger partial charge in [-0.2, -0.15) is 0 Å². The lowest BCUT2D eigenvalue weighted by Crippen LogP contribution is -2.16. The maximum atomic E-state index is 11.5. The molecule has 94 valence electrons. The van der Waals surface area contributed by atoms with E-state index in [1.54, 1.807) is 6.92 Å². The van der Waals surface area contributed by atoms with E-state index in [-0.39, 0.29) is 22.0 Å². The van der Waals surface area contributed by atoms with Crippen molar-refractivity contribution in [3.05, 3.63) is 28.8 Å². The second-order valence-corrected chi connectivity index (χ2v) is 5.67. The lowest BCUT2D eigenvalue weighted by Gasteiger charge is -2.09. The van der Waals surface area contributed by atoms with Crippen LogP contribution in [0.3, 0.4) is 0 Å². The van der Waals surface area contributed by atoms with E-state index < -0.39 is 16.0 Å². The maximum Gasteiger partial charge on any atom is 0.335 e. The van der Waals surface area contributed by atoms with Gasteiger partial charge >= 0.3 is 5.97 Å². The lowest BCUT2D eigenvalue weighted by molar-refractivity contribution is 0.0697. The Morgan fingerprint density at radius 1 is 1.47 bits per heavy atom. The summed E-state index contributed by atoms with van der Waals surface area (Å²) in [5.74, 6) is -1.13. The van der Waals surface area contributed by atoms with Crippen LogP contribution in [-0.2, 0) is 10.0 Å². The van der Waals surface area contributed by atoms with Gasteiger partial charge in [0, 0.05) is 0 Å². The predicted octanol–water partition coefficient (Wildman–Crippen LogP) is 2.19. The molecule has 0 aliphatic rings. The van der Waals surface area contributed by atoms with E-state index in [1.807, 2.05) is 0 Å². The minimum atomic E-state index is -3.42. The molecule has 0 spiro atoms. The predicted molar refractivity (Wildman–Crippen MR) is 66.1 cm³/mol. The average molecular weight is 278 g/mol. The van der Waals surface area contributed by atoms with E-state index in [9.17, 15) is 13.2 Å². The smallest absolute Gasteiger partial charge is 0.335 e. The van der Waals surface area contributed by atoms with Gasteiger partial charge in [0.15, 0.2) is 0 Å². The molecule has 0 saturated heterocycles. The van der Waals surface area contributed by atoms with Crippen molar-refractivity contribution in [3.8, 4) is 0 Å². The van der Waals surface area contributed by atoms with Crippen LogP contribution in [0.15, 0.2) is 18.2 Å². The van der Waals surface area contributed by atoms with E-state index in [0.29, 0.717) is 6.42 Å². The fourth-order valence-corrected chi connectivity index (χ4v) is 2.65. The van der Waals surface area contributed by atoms with E-state index in [4.69, 9.17) is 16.7 Å². The van der Waals surface area contributed by atoms with Crippen molar-refractivity contribution in [1.29, 1.82) is 0 Å². The van der Waals surface area contributed by atoms with E-state index >= 15 is 0 Å². The van der Waals surface area contributed by atoms with E-state index in [1.165, 1.54) is 18.2 Å². The summed E-state index contributed by atoms with van der Waals surface area (Å²) in [5.41, 5.74) is 0.193. The zero-order valence-corrected chi connectivity index (χ0v) is 10.7. The summed E-state index contributed by atoms with van der Waals surface area (Å²) in [5, 5.41) is 8.78. The summed E-state index contributed by atoms with van der Waals surface area (Å²) >= 11 is 5.79. The van der Waals surface area contributed by atoms with Crippen LogP contribution < -0.4 is 4.72 Å². The zero-order chi connectivity index (χ0) is 13.1. The van der Waals surface area contributed by atoms with Gasteiger partial charge in [0.1, 0.15) is 0 Å². The van der Waals surface area contributed by atoms with Gasteiger partial charge in [-0.3, -0.25) is 4.72 Å². The normalized spacial score (nSPS) is 11.2. The number of carboxylic acid groups (broad SMARTS) is 1. The van der Waals surface area contributed by atoms with Crippen LogP contribution in [-0.4, -0.2) is 25.2 Å². The summed E-state index contributed by atoms with van der Waals surface area (Å²) in [4.78, 5) is 10.7. The molecule has 0 amide bonds. The molecule has 0 saturated carbocycles. The monoisotopic (exact) mass is 277 g/mol. The highest BCUT2D eigenvalue weighted by molar-refractivity contribution is 7.92. The Bertz CT molecular complexity index is 527. The molecule has 17 heavy (non-hydrogen) atoms. The van der Waals surface area contributed by atoms with Gasteiger partial charge in [0.25, 0.3) is 0 Å². The molecule has 0 atom stereocenters. The molecule has 2 N–H and O–H groups in total. The first-order chi connectivity index (χ1) is 7.85. The van der Waals surface area contributed by atoms with Crippen molar-refractivity contribution in [1.82, 2.24) is 0 Å². The third-order valence-corrected chi connectivity index (χ3v) is 3.74. The topological polar surface area (TPSA) is 83.5 Å². The van der Waals surface area contributed by atoms with Crippen LogP contribution in [0.1, 0.15) is 23.7 Å². The van der Waals surface area contributed by atoms with Crippen LogP contribution in [0, 0.1) is 0 Å². The van der Waals surface area contributed by atoms with Gasteiger partial charge in [-0.25, -0.2) is 13.2 Å². The van der Waals surface area contributed by atoms with Crippen LogP contribution in [0.2, 0.25) is 5.02 Å². The van der Waals surface area contributed by atoms with Crippen molar-refractivity contribution in [2.75, 3.05) is 10.5 Å². The highest BCUT2D eigenvalue weighted by atomic mass is 35.5. The second-order valence-electron chi connectivity index (χ2n) is 3.42. The molecule has 0 aromatic heterocycles. The Morgan fingerprint density at radius 3 is 2.59 bits per heavy atom. The first kappa shape index (κ1) is 13.8. The Balaban J connectivity index is 2.98. The molecule has 0 radical (unpaired) electrons. The van der Waals surface area contributed by atoms with Crippen LogP contribution >= 0.6 is 11.6 Å². The number of benzene rings is 1. The molecule has 5 nitrogen and oxygen atoms in total. The number of sulfonamides is 1. The largest absolute Gasteiger partial charge is 0.478 e. The van der Waals surface area contributed by atoms with Crippen molar-refractivity contribution >= 4 is 33.3 Å². The minimum Gasteiger partial charge on any atom is -0.478 e. The average Bonchev–Trinajstić information content (AvgIpc) is 2.20. The third kappa shape index (κ3) is 3.90. The number of hydrogen-bond donors (Lipinski definition) is 2. The number of carboxylic acids is 1. The maximum absolute atomic E-state index is 11.5. The fraction of sp³-hybridized carbons (Fsp3) is 0.300. The van der Waals surface area contributed by atoms with Crippen molar-refractivity contribution < 1.29 is 18.3 Å². The van der Waals surface area contributed by atoms with Crippen LogP contribution in [0.25, 0.3) is 0 Å². The quantitative estimate of drug-likeness (QED) is 0.864. The molecular weight excluding hydrogens is 266 g/mol. The van der Waals surface area contributed by atoms with Gasteiger partial charge in [0.05, 0.1) is 22.0 Å². The molecule has 0 unspecified atom stereocenters. The zero-order valence-electron chi connectivity index (χ0n) is 9.10. The summed E-state index contributed by atoms with van der Waals surface area (Å²) in [6, 6.07) is 3.82. The molecule has 1 rings (SSSR count). The molecule has 1 aromatic rings. The SMILES string of the molecule is CCCS(=O)(=O)Nc1ccc(C(=O)O)cc1Cl. The molecule has 0 aliphatic heterocycles. The van der Waals surface area contributed by atoms with Gasteiger partial charge in [-0.05, 0) is 24.6 Å². The second kappa shape index (κ2) is 5.37. The Hall–Kier alpha value is -1.27. The van der Waals surface area contributed by atoms with E-state index in [2.05, 4.69) is 4.72 Å². The van der Waals surface area contributed by atoms with E-state index in [0.717, 1.165) is 0 Å². The third-order valence-electron chi connectivity index (χ3n) is 1.95. The first-order valence-corrected chi connectivity index (χ1v) is 6.92. The Labute approximate surface area is 104 Å². The van der Waals surface area contributed by atoms with Gasteiger partial charge in [-0.1, -0.05) is 18.5 Å². The number of aromatic carboxylic acids is 1. The molecule has 0 bridgehead atoms. The Morgan fingerprint density at radius 2 is 2.12 bits per heavy atom. The molecule has 7 heteroatoms. The fourth-order valence-electron chi connectivity index (χ4n) is 1.22. The number of halogens is 1. The van der Waals surface area contributed by atoms with Gasteiger partial charge < -0.3 is 5.11 Å². The summed E-state index contributed by atoms with van der Waals surface area (Å²) < 4.78 is 25.3. The van der Waals surface area contributed by atoms with Crippen LogP contribution in [0.5, 0.6) is 0 Å². The number of hydrogen-bond acceptors (Lipinski definition) is 3. The summed E-state index contributed by atoms with van der Waals surface area (Å²) in [6.07, 6.45) is 0.486. The van der Waals surface area contributed by atoms with Crippen molar-refractivity contribution in [3.63, 3.8) is 0 Å². The van der Waals surface area contributed by atoms with Crippen molar-refractivity contribution in [2.24, 2.45) is 0 Å². The highest BCUT2D eigenvalue weighted by Crippen LogP contribution is 2.24. The number of nitrogens with one attached hydrogen (secondary N) is 1. The standard InChI is InChI=1S/C10H12ClNO4S/c1-2-5-17(15,16)12-9-4-3-7(10(13)14)6-8(9)11/h3-4,6,12H,2,5H2,1H3,(H,13,14). The highest BCUT2D eigenvalue weighted by Gasteiger charge is 2.12. The molecular formula is C10H12ClNO4S. The molecule has 1 aromatic carbocycles. The molecule has 0 fully saturated rings. The van der Waals surface area contributed by atoms with Crippen LogP contribution in [0.4, 0.5) is 5.69 Å². The van der Waals surface area contributed by atoms with Gasteiger partial charge in [0.2, 0.25) is 10.0 Å². The van der Waals surface area contributed by atoms with Crippen molar-refractivity contribution in [2.45, 2.75) is 13.3 Å². The number of carbonyl (C=O) groups is 1.